The second-order valence-electron chi connectivity index (χ2n) is 7.33. The Labute approximate surface area is 140 Å². The van der Waals surface area contributed by atoms with Gasteiger partial charge in [-0.25, -0.2) is 0 Å². The van der Waals surface area contributed by atoms with Crippen molar-refractivity contribution in [2.75, 3.05) is 6.61 Å². The predicted molar refractivity (Wildman–Crippen MR) is 93.5 cm³/mol. The first-order valence-electron chi connectivity index (χ1n) is 8.16. The van der Waals surface area contributed by atoms with Gasteiger partial charge >= 0.3 is 5.97 Å². The van der Waals surface area contributed by atoms with Crippen molar-refractivity contribution in [3.63, 3.8) is 0 Å². The lowest BCUT2D eigenvalue weighted by Gasteiger charge is -2.35. The van der Waals surface area contributed by atoms with Crippen LogP contribution in [-0.2, 0) is 27.0 Å². The number of aryl methyl sites for hydroxylation is 1. The first kappa shape index (κ1) is 19.9. The van der Waals surface area contributed by atoms with E-state index in [-0.39, 0.29) is 11.0 Å². The van der Waals surface area contributed by atoms with E-state index in [4.69, 9.17) is 14.9 Å². The number of nitrogens with one attached hydrogen (secondary N) is 1. The van der Waals surface area contributed by atoms with Crippen molar-refractivity contribution in [2.45, 2.75) is 71.3 Å². The van der Waals surface area contributed by atoms with Crippen molar-refractivity contribution >= 4 is 14.3 Å². The van der Waals surface area contributed by atoms with Gasteiger partial charge in [-0.1, -0.05) is 20.8 Å². The van der Waals surface area contributed by atoms with Gasteiger partial charge in [-0.05, 0) is 44.0 Å². The van der Waals surface area contributed by atoms with Crippen LogP contribution in [0.1, 0.15) is 45.5 Å². The van der Waals surface area contributed by atoms with Crippen LogP contribution < -0.4 is 5.73 Å². The Morgan fingerprint density at radius 2 is 2.09 bits per heavy atom. The molecule has 7 heteroatoms. The number of esters is 1. The van der Waals surface area contributed by atoms with Crippen LogP contribution in [0, 0.1) is 0 Å². The number of nitrogens with zero attached hydrogens (tertiary/aromatic N) is 1. The maximum Gasteiger partial charge on any atom is 0.322 e. The molecule has 0 bridgehead atoms. The molecule has 0 saturated carbocycles. The molecule has 0 spiro atoms. The van der Waals surface area contributed by atoms with Gasteiger partial charge in [0.25, 0.3) is 0 Å². The lowest BCUT2D eigenvalue weighted by molar-refractivity contribution is -0.144. The zero-order chi connectivity index (χ0) is 17.7. The van der Waals surface area contributed by atoms with E-state index in [9.17, 15) is 4.79 Å². The summed E-state index contributed by atoms with van der Waals surface area (Å²) in [5.74, 6) is -0.353. The van der Waals surface area contributed by atoms with Crippen LogP contribution in [-0.4, -0.2) is 37.1 Å². The third-order valence-corrected chi connectivity index (χ3v) is 8.86. The number of rotatable bonds is 8. The van der Waals surface area contributed by atoms with E-state index in [2.05, 4.69) is 44.1 Å². The Balaban J connectivity index is 2.48. The number of H-pyrrole nitrogens is 1. The summed E-state index contributed by atoms with van der Waals surface area (Å²) >= 11 is 0. The molecule has 3 N–H and O–H groups in total. The number of aromatic amines is 1. The van der Waals surface area contributed by atoms with Crippen LogP contribution in [0.2, 0.25) is 18.1 Å². The molecule has 23 heavy (non-hydrogen) atoms. The highest BCUT2D eigenvalue weighted by molar-refractivity contribution is 6.74. The summed E-state index contributed by atoms with van der Waals surface area (Å²) in [7, 11) is -1.77. The zero-order valence-corrected chi connectivity index (χ0v) is 16.2. The summed E-state index contributed by atoms with van der Waals surface area (Å²) in [6.45, 7) is 13.7. The monoisotopic (exact) mass is 341 g/mol. The van der Waals surface area contributed by atoms with Crippen LogP contribution >= 0.6 is 0 Å². The summed E-state index contributed by atoms with van der Waals surface area (Å²) < 4.78 is 11.0. The van der Waals surface area contributed by atoms with Gasteiger partial charge in [0, 0.05) is 5.69 Å². The molecule has 0 radical (unpaired) electrons. The minimum absolute atomic E-state index is 0.179. The third-order valence-electron chi connectivity index (χ3n) is 4.39. The number of carbonyl (C=O) groups excluding carboxylic acids is 1. The molecule has 1 aromatic heterocycles. The van der Waals surface area contributed by atoms with E-state index >= 15 is 0 Å². The molecule has 0 aromatic carbocycles. The molecule has 0 saturated heterocycles. The zero-order valence-electron chi connectivity index (χ0n) is 15.2. The van der Waals surface area contributed by atoms with E-state index < -0.39 is 14.4 Å². The molecule has 0 unspecified atom stereocenters. The van der Waals surface area contributed by atoms with Crippen molar-refractivity contribution in [3.8, 4) is 0 Å². The third kappa shape index (κ3) is 6.08. The van der Waals surface area contributed by atoms with Crippen LogP contribution in [0.25, 0.3) is 0 Å². The fourth-order valence-corrected chi connectivity index (χ4v) is 2.70. The van der Waals surface area contributed by atoms with Gasteiger partial charge < -0.3 is 14.9 Å². The minimum atomic E-state index is -1.77. The average Bonchev–Trinajstić information content (AvgIpc) is 2.89. The Hall–Kier alpha value is -1.18. The Morgan fingerprint density at radius 3 is 2.65 bits per heavy atom. The molecule has 0 aliphatic rings. The number of nitrogens with two attached hydrogens (primary N) is 1. The summed E-state index contributed by atoms with van der Waals surface area (Å²) in [5, 5.41) is 7.44. The smallest absolute Gasteiger partial charge is 0.322 e. The van der Waals surface area contributed by atoms with Gasteiger partial charge in [0.15, 0.2) is 8.32 Å². The molecule has 0 aliphatic carbocycles. The number of aromatic nitrogens is 2. The predicted octanol–water partition coefficient (Wildman–Crippen LogP) is 2.75. The summed E-state index contributed by atoms with van der Waals surface area (Å²) in [6.07, 6.45) is 1.19. The van der Waals surface area contributed by atoms with Crippen molar-refractivity contribution in [1.29, 1.82) is 0 Å². The number of carbonyl (C=O) groups is 1. The lowest BCUT2D eigenvalue weighted by Crippen LogP contribution is -2.40. The Bertz CT molecular complexity index is 509. The molecule has 1 atom stereocenters. The highest BCUT2D eigenvalue weighted by atomic mass is 28.4. The second-order valence-corrected chi connectivity index (χ2v) is 12.1. The van der Waals surface area contributed by atoms with Gasteiger partial charge in [-0.2, -0.15) is 5.10 Å². The first-order valence-corrected chi connectivity index (χ1v) is 11.1. The normalized spacial score (nSPS) is 13.9. The fourth-order valence-electron chi connectivity index (χ4n) is 1.76. The average molecular weight is 342 g/mol. The largest absolute Gasteiger partial charge is 0.465 e. The van der Waals surface area contributed by atoms with Crippen LogP contribution in [0.4, 0.5) is 0 Å². The van der Waals surface area contributed by atoms with Gasteiger partial charge in [0.1, 0.15) is 6.04 Å². The van der Waals surface area contributed by atoms with E-state index in [1.165, 1.54) is 0 Å². The topological polar surface area (TPSA) is 90.2 Å². The van der Waals surface area contributed by atoms with E-state index in [0.717, 1.165) is 11.4 Å². The maximum absolute atomic E-state index is 11.5. The highest BCUT2D eigenvalue weighted by Crippen LogP contribution is 2.36. The van der Waals surface area contributed by atoms with E-state index in [1.807, 2.05) is 6.07 Å². The number of ether oxygens (including phenoxy) is 1. The molecule has 132 valence electrons. The van der Waals surface area contributed by atoms with Crippen molar-refractivity contribution in [2.24, 2.45) is 5.73 Å². The fraction of sp³-hybridized carbons (Fsp3) is 0.750. The number of hydrogen-bond donors (Lipinski definition) is 2. The molecule has 0 aliphatic heterocycles. The molecular weight excluding hydrogens is 310 g/mol. The minimum Gasteiger partial charge on any atom is -0.465 e. The molecule has 0 amide bonds. The quantitative estimate of drug-likeness (QED) is 0.560. The van der Waals surface area contributed by atoms with E-state index in [1.54, 1.807) is 6.92 Å². The molecule has 1 heterocycles. The molecular formula is C16H31N3O3Si. The van der Waals surface area contributed by atoms with Crippen molar-refractivity contribution in [3.05, 3.63) is 17.5 Å². The lowest BCUT2D eigenvalue weighted by atomic mass is 10.1. The molecule has 6 nitrogen and oxygen atoms in total. The Kier molecular flexibility index (Phi) is 6.97. The van der Waals surface area contributed by atoms with Crippen LogP contribution in [0.5, 0.6) is 0 Å². The van der Waals surface area contributed by atoms with Crippen molar-refractivity contribution in [1.82, 2.24) is 10.2 Å². The van der Waals surface area contributed by atoms with Gasteiger partial charge in [-0.15, -0.1) is 0 Å². The van der Waals surface area contributed by atoms with Crippen LogP contribution in [0.15, 0.2) is 6.07 Å². The SMILES string of the molecule is CCOC(=O)[C@@H](N)CCc1cc(CO[Si](C)(C)C(C)(C)C)n[nH]1. The molecule has 1 rings (SSSR count). The summed E-state index contributed by atoms with van der Waals surface area (Å²) in [5.41, 5.74) is 7.63. The van der Waals surface area contributed by atoms with Gasteiger partial charge in [0.05, 0.1) is 18.9 Å². The maximum atomic E-state index is 11.5. The highest BCUT2D eigenvalue weighted by Gasteiger charge is 2.37. The number of hydrogen-bond acceptors (Lipinski definition) is 5. The van der Waals surface area contributed by atoms with Crippen LogP contribution in [0.3, 0.4) is 0 Å². The second kappa shape index (κ2) is 8.08. The first-order chi connectivity index (χ1) is 10.6. The van der Waals surface area contributed by atoms with Gasteiger partial charge in [-0.3, -0.25) is 9.89 Å². The Morgan fingerprint density at radius 1 is 1.43 bits per heavy atom. The van der Waals surface area contributed by atoms with Crippen molar-refractivity contribution < 1.29 is 14.0 Å². The van der Waals surface area contributed by atoms with Gasteiger partial charge in [0.2, 0.25) is 0 Å². The standard InChI is InChI=1S/C16H31N3O3Si/c1-7-21-15(20)14(17)9-8-12-10-13(19-18-12)11-22-23(5,6)16(2,3)4/h10,14H,7-9,11,17H2,1-6H3,(H,18,19)/t14-/m0/s1. The summed E-state index contributed by atoms with van der Waals surface area (Å²) in [6, 6.07) is 1.38. The summed E-state index contributed by atoms with van der Waals surface area (Å²) in [4.78, 5) is 11.5. The molecule has 0 fully saturated rings. The molecule has 1 aromatic rings. The van der Waals surface area contributed by atoms with E-state index in [0.29, 0.717) is 26.1 Å².